The van der Waals surface area contributed by atoms with Gasteiger partial charge in [-0.15, -0.1) is 0 Å². The molecule has 0 aliphatic carbocycles. The van der Waals surface area contributed by atoms with E-state index in [9.17, 15) is 4.79 Å². The molecule has 5 nitrogen and oxygen atoms in total. The maximum Gasteiger partial charge on any atom is 0.254 e. The summed E-state index contributed by atoms with van der Waals surface area (Å²) in [4.78, 5) is 21.6. The van der Waals surface area contributed by atoms with Crippen molar-refractivity contribution in [3.63, 3.8) is 0 Å². The predicted molar refractivity (Wildman–Crippen MR) is 109 cm³/mol. The number of likely N-dealkylation sites (tertiary alicyclic amines) is 1. The van der Waals surface area contributed by atoms with Crippen molar-refractivity contribution in [2.45, 2.75) is 37.5 Å². The van der Waals surface area contributed by atoms with Crippen molar-refractivity contribution in [2.24, 2.45) is 0 Å². The number of nitrogens with zero attached hydrogens (tertiary/aromatic N) is 3. The summed E-state index contributed by atoms with van der Waals surface area (Å²) in [7, 11) is 2.12. The molecule has 3 heterocycles. The molecule has 2 unspecified atom stereocenters. The van der Waals surface area contributed by atoms with Crippen molar-refractivity contribution >= 4 is 17.5 Å². The van der Waals surface area contributed by atoms with Crippen molar-refractivity contribution in [2.75, 3.05) is 26.7 Å². The van der Waals surface area contributed by atoms with Crippen LogP contribution in [0.4, 0.5) is 0 Å². The van der Waals surface area contributed by atoms with Gasteiger partial charge in [0.15, 0.2) is 0 Å². The Labute approximate surface area is 171 Å². The fraction of sp³-hybridized carbons (Fsp3) is 0.455. The van der Waals surface area contributed by atoms with E-state index in [1.807, 2.05) is 41.4 Å². The summed E-state index contributed by atoms with van der Waals surface area (Å²) in [6, 6.07) is 13.5. The summed E-state index contributed by atoms with van der Waals surface area (Å²) in [5, 5.41) is 0.589. The predicted octanol–water partition coefficient (Wildman–Crippen LogP) is 3.63. The second-order valence-electron chi connectivity index (χ2n) is 7.93. The summed E-state index contributed by atoms with van der Waals surface area (Å²) in [6.07, 6.45) is 4.73. The molecule has 2 saturated heterocycles. The summed E-state index contributed by atoms with van der Waals surface area (Å²) in [5.74, 6) is 0.0375. The minimum Gasteiger partial charge on any atom is -0.371 e. The molecule has 2 aromatic rings. The first-order valence-electron chi connectivity index (χ1n) is 9.84. The molecule has 4 rings (SSSR count). The molecule has 2 aliphatic heterocycles. The molecule has 0 N–H and O–H groups in total. The standard InChI is InChI=1S/C22H26ClN3O2/c1-25(14-19-8-2-3-10-24-19)20-13-22(28-15-20)9-5-11-26(16-22)21(27)17-6-4-7-18(23)12-17/h2-4,6-8,10,12,20H,5,9,11,13-16H2,1H3. The van der Waals surface area contributed by atoms with Gasteiger partial charge in [0.1, 0.15) is 0 Å². The minimum atomic E-state index is -0.241. The zero-order valence-corrected chi connectivity index (χ0v) is 16.9. The molecule has 2 aliphatic rings. The second-order valence-corrected chi connectivity index (χ2v) is 8.37. The number of piperidine rings is 1. The molecule has 1 aromatic carbocycles. The van der Waals surface area contributed by atoms with Gasteiger partial charge in [0.05, 0.1) is 24.4 Å². The maximum atomic E-state index is 12.9. The van der Waals surface area contributed by atoms with Gasteiger partial charge in [-0.25, -0.2) is 0 Å². The molecule has 148 valence electrons. The minimum absolute atomic E-state index is 0.0375. The first-order chi connectivity index (χ1) is 13.5. The quantitative estimate of drug-likeness (QED) is 0.787. The van der Waals surface area contributed by atoms with Crippen LogP contribution in [0.15, 0.2) is 48.7 Å². The van der Waals surface area contributed by atoms with E-state index in [-0.39, 0.29) is 11.5 Å². The number of halogens is 1. The average Bonchev–Trinajstić information content (AvgIpc) is 3.11. The molecular weight excluding hydrogens is 374 g/mol. The number of hydrogen-bond acceptors (Lipinski definition) is 4. The van der Waals surface area contributed by atoms with Crippen LogP contribution in [0.25, 0.3) is 0 Å². The zero-order chi connectivity index (χ0) is 19.6. The lowest BCUT2D eigenvalue weighted by molar-refractivity contribution is -0.0451. The van der Waals surface area contributed by atoms with E-state index in [0.29, 0.717) is 29.8 Å². The Balaban J connectivity index is 1.40. The molecular formula is C22H26ClN3O2. The second kappa shape index (κ2) is 8.19. The number of likely N-dealkylation sites (N-methyl/N-ethyl adjacent to an activating group) is 1. The third kappa shape index (κ3) is 4.22. The molecule has 0 bridgehead atoms. The number of pyridine rings is 1. The summed E-state index contributed by atoms with van der Waals surface area (Å²) < 4.78 is 6.31. The van der Waals surface area contributed by atoms with Crippen LogP contribution in [0, 0.1) is 0 Å². The van der Waals surface area contributed by atoms with E-state index in [1.54, 1.807) is 12.1 Å². The van der Waals surface area contributed by atoms with Crippen LogP contribution in [0.1, 0.15) is 35.3 Å². The Morgan fingerprint density at radius 1 is 1.36 bits per heavy atom. The first kappa shape index (κ1) is 19.4. The smallest absolute Gasteiger partial charge is 0.254 e. The fourth-order valence-corrected chi connectivity index (χ4v) is 4.53. The van der Waals surface area contributed by atoms with Gasteiger partial charge in [0.25, 0.3) is 5.91 Å². The average molecular weight is 400 g/mol. The van der Waals surface area contributed by atoms with Crippen LogP contribution in [0.2, 0.25) is 5.02 Å². The molecule has 0 saturated carbocycles. The highest BCUT2D eigenvalue weighted by molar-refractivity contribution is 6.30. The van der Waals surface area contributed by atoms with Crippen LogP contribution in [0.3, 0.4) is 0 Å². The van der Waals surface area contributed by atoms with E-state index in [1.165, 1.54) is 0 Å². The highest BCUT2D eigenvalue weighted by Crippen LogP contribution is 2.37. The van der Waals surface area contributed by atoms with Gasteiger partial charge in [-0.05, 0) is 56.6 Å². The largest absolute Gasteiger partial charge is 0.371 e. The van der Waals surface area contributed by atoms with Gasteiger partial charge in [0, 0.05) is 35.9 Å². The SMILES string of the molecule is CN(Cc1ccccn1)C1COC2(CCCN(C(=O)c3cccc(Cl)c3)C2)C1. The van der Waals surface area contributed by atoms with Gasteiger partial charge >= 0.3 is 0 Å². The van der Waals surface area contributed by atoms with E-state index in [4.69, 9.17) is 16.3 Å². The molecule has 0 radical (unpaired) electrons. The Bertz CT molecular complexity index is 832. The highest BCUT2D eigenvalue weighted by Gasteiger charge is 2.45. The number of carbonyl (C=O) groups is 1. The molecule has 2 fully saturated rings. The number of rotatable bonds is 4. The van der Waals surface area contributed by atoms with Gasteiger partial charge < -0.3 is 9.64 Å². The van der Waals surface area contributed by atoms with E-state index >= 15 is 0 Å². The Kier molecular flexibility index (Phi) is 5.67. The van der Waals surface area contributed by atoms with Gasteiger partial charge in [-0.2, -0.15) is 0 Å². The molecule has 6 heteroatoms. The lowest BCUT2D eigenvalue weighted by Gasteiger charge is -2.40. The van der Waals surface area contributed by atoms with Crippen molar-refractivity contribution in [1.82, 2.24) is 14.8 Å². The maximum absolute atomic E-state index is 12.9. The van der Waals surface area contributed by atoms with Crippen LogP contribution < -0.4 is 0 Å². The number of ether oxygens (including phenoxy) is 1. The summed E-state index contributed by atoms with van der Waals surface area (Å²) in [6.45, 7) is 2.91. The normalized spacial score (nSPS) is 24.8. The van der Waals surface area contributed by atoms with Crippen LogP contribution in [-0.2, 0) is 11.3 Å². The number of hydrogen-bond donors (Lipinski definition) is 0. The van der Waals surface area contributed by atoms with Gasteiger partial charge in [-0.1, -0.05) is 23.7 Å². The first-order valence-corrected chi connectivity index (χ1v) is 10.2. The van der Waals surface area contributed by atoms with Crippen LogP contribution in [-0.4, -0.2) is 59.1 Å². The summed E-state index contributed by atoms with van der Waals surface area (Å²) in [5.41, 5.74) is 1.47. The highest BCUT2D eigenvalue weighted by atomic mass is 35.5. The van der Waals surface area contributed by atoms with Crippen LogP contribution >= 0.6 is 11.6 Å². The van der Waals surface area contributed by atoms with E-state index in [0.717, 1.165) is 38.0 Å². The molecule has 1 spiro atoms. The Morgan fingerprint density at radius 3 is 3.04 bits per heavy atom. The van der Waals surface area contributed by atoms with Gasteiger partial charge in [-0.3, -0.25) is 14.7 Å². The number of amides is 1. The molecule has 2 atom stereocenters. The fourth-order valence-electron chi connectivity index (χ4n) is 4.34. The van der Waals surface area contributed by atoms with Crippen molar-refractivity contribution in [3.8, 4) is 0 Å². The topological polar surface area (TPSA) is 45.7 Å². The third-order valence-corrected chi connectivity index (χ3v) is 6.08. The van der Waals surface area contributed by atoms with Gasteiger partial charge in [0.2, 0.25) is 0 Å². The zero-order valence-electron chi connectivity index (χ0n) is 16.2. The number of benzene rings is 1. The number of carbonyl (C=O) groups excluding carboxylic acids is 1. The van der Waals surface area contributed by atoms with Crippen molar-refractivity contribution in [3.05, 3.63) is 64.9 Å². The van der Waals surface area contributed by atoms with E-state index < -0.39 is 0 Å². The lowest BCUT2D eigenvalue weighted by Crippen LogP contribution is -2.50. The van der Waals surface area contributed by atoms with Crippen LogP contribution in [0.5, 0.6) is 0 Å². The molecule has 28 heavy (non-hydrogen) atoms. The van der Waals surface area contributed by atoms with Crippen molar-refractivity contribution in [1.29, 1.82) is 0 Å². The Morgan fingerprint density at radius 2 is 2.25 bits per heavy atom. The number of aromatic nitrogens is 1. The lowest BCUT2D eigenvalue weighted by atomic mass is 9.88. The van der Waals surface area contributed by atoms with E-state index in [2.05, 4.69) is 16.9 Å². The monoisotopic (exact) mass is 399 g/mol. The Hall–Kier alpha value is -1.95. The van der Waals surface area contributed by atoms with Crippen molar-refractivity contribution < 1.29 is 9.53 Å². The molecule has 1 amide bonds. The summed E-state index contributed by atoms with van der Waals surface area (Å²) >= 11 is 6.06. The third-order valence-electron chi connectivity index (χ3n) is 5.85. The molecule has 1 aromatic heterocycles.